The van der Waals surface area contributed by atoms with E-state index in [4.69, 9.17) is 0 Å². The average molecular weight is 159 g/mol. The second-order valence-corrected chi connectivity index (χ2v) is 1.97. The molecule has 0 N–H and O–H groups in total. The highest BCUT2D eigenvalue weighted by molar-refractivity contribution is 5.86. The molecule has 1 nitrogen and oxygen atoms in total. The molecule has 0 aromatic heterocycles. The quantitative estimate of drug-likeness (QED) is 0.561. The third-order valence-electron chi connectivity index (χ3n) is 0.846. The van der Waals surface area contributed by atoms with E-state index in [1.54, 1.807) is 13.0 Å². The van der Waals surface area contributed by atoms with E-state index in [0.717, 1.165) is 12.2 Å². The lowest BCUT2D eigenvalue weighted by molar-refractivity contribution is 0.430. The van der Waals surface area contributed by atoms with Gasteiger partial charge in [0.15, 0.2) is 0 Å². The van der Waals surface area contributed by atoms with Crippen LogP contribution in [0.4, 0.5) is 8.78 Å². The van der Waals surface area contributed by atoms with Crippen LogP contribution in [-0.4, -0.2) is 12.1 Å². The van der Waals surface area contributed by atoms with Crippen molar-refractivity contribution in [3.05, 3.63) is 24.4 Å². The Hall–Kier alpha value is -0.990. The van der Waals surface area contributed by atoms with Crippen molar-refractivity contribution in [2.45, 2.75) is 20.0 Å². The first-order valence-electron chi connectivity index (χ1n) is 3.33. The van der Waals surface area contributed by atoms with E-state index in [1.807, 2.05) is 0 Å². The SMILES string of the molecule is C/C=C\N=C(\F)C=CC(C)F. The summed E-state index contributed by atoms with van der Waals surface area (Å²) in [6, 6.07) is 0. The normalized spacial score (nSPS) is 16.5. The molecule has 3 heteroatoms. The van der Waals surface area contributed by atoms with E-state index < -0.39 is 12.1 Å². The Balaban J connectivity index is 3.94. The molecule has 0 aliphatic rings. The molecule has 0 bridgehead atoms. The molecule has 0 aromatic carbocycles. The van der Waals surface area contributed by atoms with Gasteiger partial charge in [0.25, 0.3) is 0 Å². The fourth-order valence-corrected chi connectivity index (χ4v) is 0.401. The minimum absolute atomic E-state index is 0.687. The van der Waals surface area contributed by atoms with Gasteiger partial charge in [-0.25, -0.2) is 9.38 Å². The molecule has 0 amide bonds. The lowest BCUT2D eigenvalue weighted by Gasteiger charge is -1.87. The van der Waals surface area contributed by atoms with Gasteiger partial charge in [-0.05, 0) is 26.0 Å². The Morgan fingerprint density at radius 3 is 2.64 bits per heavy atom. The standard InChI is InChI=1S/C8H11F2N/c1-3-6-11-8(10)5-4-7(2)9/h3-7H,1-2H3/b5-4?,6-3-,11-8+. The highest BCUT2D eigenvalue weighted by Crippen LogP contribution is 1.92. The second-order valence-electron chi connectivity index (χ2n) is 1.97. The zero-order chi connectivity index (χ0) is 8.69. The molecule has 0 heterocycles. The summed E-state index contributed by atoms with van der Waals surface area (Å²) >= 11 is 0. The Labute approximate surface area is 65.1 Å². The molecule has 1 unspecified atom stereocenters. The van der Waals surface area contributed by atoms with Crippen LogP contribution in [-0.2, 0) is 0 Å². The lowest BCUT2D eigenvalue weighted by Crippen LogP contribution is -1.86. The number of alkyl halides is 1. The maximum absolute atomic E-state index is 12.4. The van der Waals surface area contributed by atoms with Crippen LogP contribution >= 0.6 is 0 Å². The third-order valence-corrected chi connectivity index (χ3v) is 0.846. The van der Waals surface area contributed by atoms with Crippen LogP contribution in [0.1, 0.15) is 13.8 Å². The number of rotatable bonds is 3. The molecule has 0 fully saturated rings. The van der Waals surface area contributed by atoms with Gasteiger partial charge in [-0.2, -0.15) is 4.39 Å². The van der Waals surface area contributed by atoms with Crippen molar-refractivity contribution in [3.8, 4) is 0 Å². The molecule has 0 saturated carbocycles. The van der Waals surface area contributed by atoms with E-state index in [-0.39, 0.29) is 0 Å². The molecule has 0 saturated heterocycles. The number of hydrogen-bond donors (Lipinski definition) is 0. The summed E-state index contributed by atoms with van der Waals surface area (Å²) in [7, 11) is 0. The van der Waals surface area contributed by atoms with Crippen molar-refractivity contribution >= 4 is 5.97 Å². The zero-order valence-electron chi connectivity index (χ0n) is 6.59. The van der Waals surface area contributed by atoms with Crippen molar-refractivity contribution < 1.29 is 8.78 Å². The van der Waals surface area contributed by atoms with Crippen molar-refractivity contribution in [1.82, 2.24) is 0 Å². The molecule has 0 aromatic rings. The fraction of sp³-hybridized carbons (Fsp3) is 0.375. The molecule has 62 valence electrons. The lowest BCUT2D eigenvalue weighted by atomic mass is 10.4. The van der Waals surface area contributed by atoms with Gasteiger partial charge >= 0.3 is 0 Å². The molecule has 0 spiro atoms. The minimum atomic E-state index is -1.14. The molecule has 11 heavy (non-hydrogen) atoms. The van der Waals surface area contributed by atoms with Crippen molar-refractivity contribution in [2.75, 3.05) is 0 Å². The summed E-state index contributed by atoms with van der Waals surface area (Å²) in [5, 5.41) is 0. The van der Waals surface area contributed by atoms with Gasteiger partial charge < -0.3 is 0 Å². The minimum Gasteiger partial charge on any atom is -0.243 e. The maximum Gasteiger partial charge on any atom is 0.212 e. The number of allylic oxidation sites excluding steroid dienone is 3. The van der Waals surface area contributed by atoms with Crippen LogP contribution < -0.4 is 0 Å². The molecular weight excluding hydrogens is 148 g/mol. The van der Waals surface area contributed by atoms with Crippen molar-refractivity contribution in [3.63, 3.8) is 0 Å². The average Bonchev–Trinajstić information content (AvgIpc) is 1.97. The Morgan fingerprint density at radius 2 is 2.18 bits per heavy atom. The van der Waals surface area contributed by atoms with Gasteiger partial charge in [0, 0.05) is 6.20 Å². The van der Waals surface area contributed by atoms with Crippen LogP contribution in [0.15, 0.2) is 29.4 Å². The van der Waals surface area contributed by atoms with E-state index in [2.05, 4.69) is 4.99 Å². The first-order valence-corrected chi connectivity index (χ1v) is 3.33. The summed E-state index contributed by atoms with van der Waals surface area (Å²) in [6.07, 6.45) is 3.86. The first-order chi connectivity index (χ1) is 5.16. The number of hydrogen-bond acceptors (Lipinski definition) is 1. The summed E-state index contributed by atoms with van der Waals surface area (Å²) in [4.78, 5) is 3.33. The van der Waals surface area contributed by atoms with Gasteiger partial charge in [-0.1, -0.05) is 6.08 Å². The molecule has 0 radical (unpaired) electrons. The highest BCUT2D eigenvalue weighted by Gasteiger charge is 1.90. The van der Waals surface area contributed by atoms with Gasteiger partial charge in [0.2, 0.25) is 5.97 Å². The summed E-state index contributed by atoms with van der Waals surface area (Å²) in [5.41, 5.74) is 0. The largest absolute Gasteiger partial charge is 0.243 e. The summed E-state index contributed by atoms with van der Waals surface area (Å²) in [5.74, 6) is -0.687. The summed E-state index contributed by atoms with van der Waals surface area (Å²) in [6.45, 7) is 3.04. The van der Waals surface area contributed by atoms with E-state index in [9.17, 15) is 8.78 Å². The van der Waals surface area contributed by atoms with Gasteiger partial charge in [0.1, 0.15) is 6.17 Å². The Kier molecular flexibility index (Phi) is 5.25. The Bertz CT molecular complexity index is 181. The van der Waals surface area contributed by atoms with Crippen LogP contribution in [0.25, 0.3) is 0 Å². The second kappa shape index (κ2) is 5.77. The topological polar surface area (TPSA) is 12.4 Å². The van der Waals surface area contributed by atoms with E-state index in [1.165, 1.54) is 13.1 Å². The van der Waals surface area contributed by atoms with Gasteiger partial charge in [0.05, 0.1) is 0 Å². The molecule has 1 atom stereocenters. The highest BCUT2D eigenvalue weighted by atomic mass is 19.1. The number of nitrogens with zero attached hydrogens (tertiary/aromatic N) is 1. The van der Waals surface area contributed by atoms with Crippen LogP contribution in [0, 0.1) is 0 Å². The smallest absolute Gasteiger partial charge is 0.212 e. The summed E-state index contributed by atoms with van der Waals surface area (Å²) < 4.78 is 24.5. The molecular formula is C8H11F2N. The molecule has 0 rings (SSSR count). The third kappa shape index (κ3) is 6.90. The van der Waals surface area contributed by atoms with Crippen molar-refractivity contribution in [1.29, 1.82) is 0 Å². The number of aliphatic imine (C=N–C) groups is 1. The van der Waals surface area contributed by atoms with E-state index in [0.29, 0.717) is 0 Å². The van der Waals surface area contributed by atoms with Crippen molar-refractivity contribution in [2.24, 2.45) is 4.99 Å². The van der Waals surface area contributed by atoms with Crippen LogP contribution in [0.5, 0.6) is 0 Å². The monoisotopic (exact) mass is 159 g/mol. The van der Waals surface area contributed by atoms with Crippen LogP contribution in [0.2, 0.25) is 0 Å². The number of halogens is 2. The molecule has 0 aliphatic heterocycles. The molecule has 0 aliphatic carbocycles. The van der Waals surface area contributed by atoms with Crippen LogP contribution in [0.3, 0.4) is 0 Å². The van der Waals surface area contributed by atoms with Gasteiger partial charge in [-0.3, -0.25) is 0 Å². The Morgan fingerprint density at radius 1 is 1.55 bits per heavy atom. The predicted octanol–water partition coefficient (Wildman–Crippen LogP) is 2.80. The van der Waals surface area contributed by atoms with Gasteiger partial charge in [-0.15, -0.1) is 0 Å². The first kappa shape index (κ1) is 10.0. The zero-order valence-corrected chi connectivity index (χ0v) is 6.59. The maximum atomic E-state index is 12.4. The predicted molar refractivity (Wildman–Crippen MR) is 43.1 cm³/mol. The van der Waals surface area contributed by atoms with E-state index >= 15 is 0 Å². The fourth-order valence-electron chi connectivity index (χ4n) is 0.401.